The van der Waals surface area contributed by atoms with E-state index >= 15 is 0 Å². The van der Waals surface area contributed by atoms with Crippen LogP contribution >= 0.6 is 0 Å². The number of hydrogen-bond donors (Lipinski definition) is 0. The van der Waals surface area contributed by atoms with Crippen molar-refractivity contribution in [2.24, 2.45) is 0 Å². The van der Waals surface area contributed by atoms with Gasteiger partial charge in [0.15, 0.2) is 11.5 Å². The van der Waals surface area contributed by atoms with Crippen LogP contribution in [-0.2, 0) is 11.3 Å². The normalized spacial score (nSPS) is 23.0. The van der Waals surface area contributed by atoms with E-state index in [0.717, 1.165) is 63.4 Å². The molecule has 0 N–H and O–H groups in total. The first kappa shape index (κ1) is 20.9. The number of likely N-dealkylation sites (tertiary alicyclic amines) is 2. The molecule has 1 aromatic carbocycles. The fraction of sp³-hybridized carbons (Fsp3) is 0.682. The minimum Gasteiger partial charge on any atom is -0.490 e. The molecule has 6 nitrogen and oxygen atoms in total. The number of piperidine rings is 1. The van der Waals surface area contributed by atoms with E-state index in [-0.39, 0.29) is 5.54 Å². The molecule has 2 aliphatic rings. The molecule has 0 saturated carbocycles. The van der Waals surface area contributed by atoms with Crippen molar-refractivity contribution in [3.05, 3.63) is 23.8 Å². The molecule has 1 unspecified atom stereocenters. The van der Waals surface area contributed by atoms with Crippen LogP contribution in [0.5, 0.6) is 11.5 Å². The van der Waals surface area contributed by atoms with E-state index in [2.05, 4.69) is 21.9 Å². The Hall–Kier alpha value is -1.79. The summed E-state index contributed by atoms with van der Waals surface area (Å²) in [6, 6.07) is 6.20. The lowest BCUT2D eigenvalue weighted by molar-refractivity contribution is -0.146. The number of amides is 1. The second-order valence-electron chi connectivity index (χ2n) is 8.25. The zero-order valence-corrected chi connectivity index (χ0v) is 17.9. The average molecular weight is 390 g/mol. The van der Waals surface area contributed by atoms with Gasteiger partial charge >= 0.3 is 0 Å². The third-order valence-electron chi connectivity index (χ3n) is 5.93. The third-order valence-corrected chi connectivity index (χ3v) is 5.93. The van der Waals surface area contributed by atoms with Crippen LogP contribution < -0.4 is 9.47 Å². The van der Waals surface area contributed by atoms with Crippen molar-refractivity contribution in [3.63, 3.8) is 0 Å². The molecule has 6 heteroatoms. The summed E-state index contributed by atoms with van der Waals surface area (Å²) >= 11 is 0. The van der Waals surface area contributed by atoms with Gasteiger partial charge < -0.3 is 19.3 Å². The Kier molecular flexibility index (Phi) is 6.83. The van der Waals surface area contributed by atoms with Crippen molar-refractivity contribution in [1.29, 1.82) is 0 Å². The summed E-state index contributed by atoms with van der Waals surface area (Å²) < 4.78 is 11.8. The molecule has 3 rings (SSSR count). The number of hydrogen-bond acceptors (Lipinski definition) is 5. The van der Waals surface area contributed by atoms with Crippen molar-refractivity contribution in [2.75, 3.05) is 54.0 Å². The van der Waals surface area contributed by atoms with Crippen molar-refractivity contribution < 1.29 is 14.3 Å². The molecule has 2 fully saturated rings. The quantitative estimate of drug-likeness (QED) is 0.684. The van der Waals surface area contributed by atoms with Crippen molar-refractivity contribution in [2.45, 2.75) is 44.7 Å². The molecule has 2 aliphatic heterocycles. The highest BCUT2D eigenvalue weighted by atomic mass is 16.5. The molecule has 0 aromatic heterocycles. The summed E-state index contributed by atoms with van der Waals surface area (Å²) in [6.07, 6.45) is 4.12. The minimum atomic E-state index is -0.306. The highest BCUT2D eigenvalue weighted by Gasteiger charge is 2.49. The summed E-state index contributed by atoms with van der Waals surface area (Å²) in [4.78, 5) is 19.4. The molecule has 0 aliphatic carbocycles. The summed E-state index contributed by atoms with van der Waals surface area (Å²) in [6.45, 7) is 6.71. The summed E-state index contributed by atoms with van der Waals surface area (Å²) in [7, 11) is 6.00. The van der Waals surface area contributed by atoms with Crippen LogP contribution in [0, 0.1) is 0 Å². The topological polar surface area (TPSA) is 45.3 Å². The molecule has 1 aromatic rings. The fourth-order valence-electron chi connectivity index (χ4n) is 4.46. The van der Waals surface area contributed by atoms with Gasteiger partial charge in [0.25, 0.3) is 0 Å². The zero-order chi connectivity index (χ0) is 20.1. The summed E-state index contributed by atoms with van der Waals surface area (Å²) in [5.74, 6) is 1.88. The van der Waals surface area contributed by atoms with Gasteiger partial charge in [0.1, 0.15) is 12.1 Å². The maximum absolute atomic E-state index is 13.0. The van der Waals surface area contributed by atoms with E-state index in [1.54, 1.807) is 0 Å². The van der Waals surface area contributed by atoms with Crippen LogP contribution in [0.2, 0.25) is 0 Å². The molecule has 0 radical (unpaired) electrons. The molecule has 2 heterocycles. The van der Waals surface area contributed by atoms with Gasteiger partial charge in [0.05, 0.1) is 6.61 Å². The van der Waals surface area contributed by atoms with Crippen LogP contribution in [0.1, 0.15) is 38.2 Å². The SMILES string of the molecule is CCOc1cc(CN2CCCC23CCCN(C)C3=O)ccc1OCCN(C)C. The largest absolute Gasteiger partial charge is 0.490 e. The summed E-state index contributed by atoms with van der Waals surface area (Å²) in [5, 5.41) is 0. The molecule has 1 atom stereocenters. The van der Waals surface area contributed by atoms with E-state index in [1.807, 2.05) is 39.0 Å². The minimum absolute atomic E-state index is 0.296. The van der Waals surface area contributed by atoms with Crippen LogP contribution in [-0.4, -0.2) is 80.1 Å². The van der Waals surface area contributed by atoms with Gasteiger partial charge in [0, 0.05) is 26.7 Å². The Labute approximate surface area is 169 Å². The number of carbonyl (C=O) groups is 1. The predicted molar refractivity (Wildman–Crippen MR) is 111 cm³/mol. The van der Waals surface area contributed by atoms with Crippen molar-refractivity contribution in [1.82, 2.24) is 14.7 Å². The maximum Gasteiger partial charge on any atom is 0.242 e. The fourth-order valence-corrected chi connectivity index (χ4v) is 4.46. The van der Waals surface area contributed by atoms with Gasteiger partial charge in [-0.25, -0.2) is 0 Å². The predicted octanol–water partition coefficient (Wildman–Crippen LogP) is 2.61. The Morgan fingerprint density at radius 3 is 2.57 bits per heavy atom. The first-order chi connectivity index (χ1) is 13.5. The lowest BCUT2D eigenvalue weighted by Crippen LogP contribution is -2.58. The number of carbonyl (C=O) groups excluding carboxylic acids is 1. The standard InChI is InChI=1S/C22H35N3O3/c1-5-27-20-16-18(8-9-19(20)28-15-14-23(2)3)17-25-13-7-11-22(25)10-6-12-24(4)21(22)26/h8-9,16H,5-7,10-15,17H2,1-4H3. The lowest BCUT2D eigenvalue weighted by Gasteiger charge is -2.43. The molecular formula is C22H35N3O3. The van der Waals surface area contributed by atoms with E-state index in [1.165, 1.54) is 5.56 Å². The number of nitrogens with zero attached hydrogens (tertiary/aromatic N) is 3. The van der Waals surface area contributed by atoms with Gasteiger partial charge in [-0.3, -0.25) is 9.69 Å². The third kappa shape index (κ3) is 4.44. The molecule has 1 spiro atoms. The second-order valence-corrected chi connectivity index (χ2v) is 8.25. The van der Waals surface area contributed by atoms with Gasteiger partial charge in [-0.1, -0.05) is 6.07 Å². The highest BCUT2D eigenvalue weighted by Crippen LogP contribution is 2.39. The first-order valence-corrected chi connectivity index (χ1v) is 10.5. The zero-order valence-electron chi connectivity index (χ0n) is 17.9. The Morgan fingerprint density at radius 2 is 1.86 bits per heavy atom. The van der Waals surface area contributed by atoms with E-state index in [0.29, 0.717) is 19.1 Å². The number of rotatable bonds is 8. The Morgan fingerprint density at radius 1 is 1.11 bits per heavy atom. The Balaban J connectivity index is 1.74. The summed E-state index contributed by atoms with van der Waals surface area (Å²) in [5.41, 5.74) is 0.866. The van der Waals surface area contributed by atoms with Gasteiger partial charge in [-0.15, -0.1) is 0 Å². The van der Waals surface area contributed by atoms with Crippen LogP contribution in [0.15, 0.2) is 18.2 Å². The van der Waals surface area contributed by atoms with E-state index in [4.69, 9.17) is 9.47 Å². The van der Waals surface area contributed by atoms with Gasteiger partial charge in [0.2, 0.25) is 5.91 Å². The van der Waals surface area contributed by atoms with Crippen molar-refractivity contribution in [3.8, 4) is 11.5 Å². The van der Waals surface area contributed by atoms with E-state index < -0.39 is 0 Å². The number of likely N-dealkylation sites (N-methyl/N-ethyl adjacent to an activating group) is 2. The number of ether oxygens (including phenoxy) is 2. The molecule has 2 saturated heterocycles. The van der Waals surface area contributed by atoms with Crippen LogP contribution in [0.4, 0.5) is 0 Å². The van der Waals surface area contributed by atoms with E-state index in [9.17, 15) is 4.79 Å². The maximum atomic E-state index is 13.0. The van der Waals surface area contributed by atoms with Gasteiger partial charge in [-0.2, -0.15) is 0 Å². The molecule has 28 heavy (non-hydrogen) atoms. The lowest BCUT2D eigenvalue weighted by atomic mass is 9.85. The van der Waals surface area contributed by atoms with Gasteiger partial charge in [-0.05, 0) is 70.9 Å². The number of benzene rings is 1. The van der Waals surface area contributed by atoms with Crippen LogP contribution in [0.25, 0.3) is 0 Å². The molecular weight excluding hydrogens is 354 g/mol. The highest BCUT2D eigenvalue weighted by molar-refractivity contribution is 5.87. The Bertz CT molecular complexity index is 679. The molecule has 1 amide bonds. The van der Waals surface area contributed by atoms with Crippen molar-refractivity contribution >= 4 is 5.91 Å². The monoisotopic (exact) mass is 389 g/mol. The smallest absolute Gasteiger partial charge is 0.242 e. The molecule has 156 valence electrons. The first-order valence-electron chi connectivity index (χ1n) is 10.5. The molecule has 0 bridgehead atoms. The van der Waals surface area contributed by atoms with Crippen LogP contribution in [0.3, 0.4) is 0 Å². The average Bonchev–Trinajstić information content (AvgIpc) is 3.04. The second kappa shape index (κ2) is 9.14.